The van der Waals surface area contributed by atoms with Crippen molar-refractivity contribution in [3.8, 4) is 0 Å². The van der Waals surface area contributed by atoms with Gasteiger partial charge in [0.25, 0.3) is 0 Å². The van der Waals surface area contributed by atoms with Crippen molar-refractivity contribution in [2.45, 2.75) is 19.9 Å². The first-order chi connectivity index (χ1) is 9.13. The van der Waals surface area contributed by atoms with Gasteiger partial charge in [-0.2, -0.15) is 0 Å². The molecule has 0 saturated carbocycles. The summed E-state index contributed by atoms with van der Waals surface area (Å²) in [4.78, 5) is 13.5. The summed E-state index contributed by atoms with van der Waals surface area (Å²) in [6.07, 6.45) is 0.822. The maximum atomic E-state index is 11.3. The number of hydrogen-bond acceptors (Lipinski definition) is 3. The molecule has 0 bridgehead atoms. The zero-order valence-corrected chi connectivity index (χ0v) is 11.9. The molecule has 3 N–H and O–H groups in total. The summed E-state index contributed by atoms with van der Waals surface area (Å²) in [7, 11) is 0. The summed E-state index contributed by atoms with van der Waals surface area (Å²) in [6, 6.07) is 5.91. The van der Waals surface area contributed by atoms with Gasteiger partial charge in [0, 0.05) is 35.9 Å². The average molecular weight is 282 g/mol. The van der Waals surface area contributed by atoms with Gasteiger partial charge in [-0.3, -0.25) is 4.79 Å². The van der Waals surface area contributed by atoms with Gasteiger partial charge in [0.05, 0.1) is 5.92 Å². The van der Waals surface area contributed by atoms with Crippen LogP contribution in [0.5, 0.6) is 0 Å². The minimum atomic E-state index is -0.210. The van der Waals surface area contributed by atoms with Crippen LogP contribution in [0.25, 0.3) is 0 Å². The van der Waals surface area contributed by atoms with Crippen molar-refractivity contribution in [1.29, 1.82) is 0 Å². The number of rotatable bonds is 5. The topological polar surface area (TPSA) is 58.4 Å². The second-order valence-electron chi connectivity index (χ2n) is 4.85. The van der Waals surface area contributed by atoms with E-state index < -0.39 is 0 Å². The van der Waals surface area contributed by atoms with Crippen LogP contribution in [0.15, 0.2) is 18.2 Å². The van der Waals surface area contributed by atoms with E-state index in [0.717, 1.165) is 42.3 Å². The van der Waals surface area contributed by atoms with Gasteiger partial charge in [0.15, 0.2) is 0 Å². The number of nitrogens with two attached hydrogens (primary N) is 1. The molecule has 0 aliphatic carbocycles. The molecule has 1 atom stereocenters. The van der Waals surface area contributed by atoms with Crippen molar-refractivity contribution in [1.82, 2.24) is 5.32 Å². The highest BCUT2D eigenvalue weighted by molar-refractivity contribution is 6.31. The molecule has 1 amide bonds. The summed E-state index contributed by atoms with van der Waals surface area (Å²) in [5.74, 6) is -0.260. The zero-order chi connectivity index (χ0) is 13.8. The number of carbonyl (C=O) groups excluding carboxylic acids is 1. The molecule has 19 heavy (non-hydrogen) atoms. The van der Waals surface area contributed by atoms with E-state index in [1.165, 1.54) is 0 Å². The maximum absolute atomic E-state index is 11.3. The Morgan fingerprint density at radius 2 is 2.37 bits per heavy atom. The van der Waals surface area contributed by atoms with Crippen LogP contribution in [-0.2, 0) is 11.3 Å². The largest absolute Gasteiger partial charge is 0.370 e. The Hall–Kier alpha value is -1.26. The lowest BCUT2D eigenvalue weighted by Gasteiger charge is -2.23. The van der Waals surface area contributed by atoms with Gasteiger partial charge in [-0.1, -0.05) is 24.6 Å². The summed E-state index contributed by atoms with van der Waals surface area (Å²) < 4.78 is 0. The molecule has 104 valence electrons. The number of amides is 1. The van der Waals surface area contributed by atoms with Gasteiger partial charge in [0.2, 0.25) is 5.91 Å². The third kappa shape index (κ3) is 3.19. The molecule has 0 radical (unpaired) electrons. The van der Waals surface area contributed by atoms with Crippen molar-refractivity contribution in [2.24, 2.45) is 11.7 Å². The predicted molar refractivity (Wildman–Crippen MR) is 78.3 cm³/mol. The minimum absolute atomic E-state index is 0.0500. The summed E-state index contributed by atoms with van der Waals surface area (Å²) in [6.45, 7) is 5.25. The number of benzene rings is 1. The Bertz CT molecular complexity index is 464. The van der Waals surface area contributed by atoms with Gasteiger partial charge in [-0.15, -0.1) is 0 Å². The standard InChI is InChI=1S/C14H20ClN3O/c1-2-17-8-11-12(15)4-3-5-13(11)18-7-6-10(9-18)14(16)19/h3-5,10,17H,2,6-9H2,1H3,(H2,16,19). The van der Waals surface area contributed by atoms with Crippen molar-refractivity contribution in [3.63, 3.8) is 0 Å². The Balaban J connectivity index is 2.20. The van der Waals surface area contributed by atoms with Crippen LogP contribution < -0.4 is 16.0 Å². The number of hydrogen-bond donors (Lipinski definition) is 2. The Kier molecular flexibility index (Phi) is 4.66. The second kappa shape index (κ2) is 6.26. The second-order valence-corrected chi connectivity index (χ2v) is 5.26. The third-order valence-electron chi connectivity index (χ3n) is 3.58. The van der Waals surface area contributed by atoms with E-state index in [9.17, 15) is 4.79 Å². The van der Waals surface area contributed by atoms with Crippen molar-refractivity contribution in [3.05, 3.63) is 28.8 Å². The van der Waals surface area contributed by atoms with Crippen LogP contribution in [0, 0.1) is 5.92 Å². The van der Waals surface area contributed by atoms with Crippen LogP contribution >= 0.6 is 11.6 Å². The third-order valence-corrected chi connectivity index (χ3v) is 3.93. The highest BCUT2D eigenvalue weighted by Crippen LogP contribution is 2.31. The molecule has 1 aromatic carbocycles. The van der Waals surface area contributed by atoms with Crippen LogP contribution in [0.3, 0.4) is 0 Å². The number of nitrogens with one attached hydrogen (secondary N) is 1. The molecule has 1 heterocycles. The summed E-state index contributed by atoms with van der Waals surface area (Å²) >= 11 is 6.28. The number of halogens is 1. The maximum Gasteiger partial charge on any atom is 0.222 e. The van der Waals surface area contributed by atoms with Crippen molar-refractivity contribution in [2.75, 3.05) is 24.5 Å². The van der Waals surface area contributed by atoms with E-state index in [1.54, 1.807) is 0 Å². The molecule has 1 aromatic rings. The Morgan fingerprint density at radius 1 is 1.58 bits per heavy atom. The molecule has 4 nitrogen and oxygen atoms in total. The van der Waals surface area contributed by atoms with E-state index in [-0.39, 0.29) is 11.8 Å². The van der Waals surface area contributed by atoms with Gasteiger partial charge < -0.3 is 16.0 Å². The number of anilines is 1. The van der Waals surface area contributed by atoms with Gasteiger partial charge in [-0.25, -0.2) is 0 Å². The Morgan fingerprint density at radius 3 is 3.00 bits per heavy atom. The lowest BCUT2D eigenvalue weighted by Crippen LogP contribution is -2.28. The number of carbonyl (C=O) groups is 1. The van der Waals surface area contributed by atoms with Crippen molar-refractivity contribution < 1.29 is 4.79 Å². The van der Waals surface area contributed by atoms with Gasteiger partial charge in [-0.05, 0) is 25.1 Å². The number of primary amides is 1. The highest BCUT2D eigenvalue weighted by Gasteiger charge is 2.28. The minimum Gasteiger partial charge on any atom is -0.370 e. The lowest BCUT2D eigenvalue weighted by atomic mass is 10.1. The van der Waals surface area contributed by atoms with Crippen LogP contribution in [0.4, 0.5) is 5.69 Å². The summed E-state index contributed by atoms with van der Waals surface area (Å²) in [5, 5.41) is 4.07. The smallest absolute Gasteiger partial charge is 0.222 e. The Labute approximate surface area is 118 Å². The average Bonchev–Trinajstić information content (AvgIpc) is 2.86. The van der Waals surface area contributed by atoms with E-state index >= 15 is 0 Å². The molecule has 0 aromatic heterocycles. The molecule has 1 aliphatic rings. The van der Waals surface area contributed by atoms with E-state index in [4.69, 9.17) is 17.3 Å². The first-order valence-electron chi connectivity index (χ1n) is 6.65. The highest BCUT2D eigenvalue weighted by atomic mass is 35.5. The lowest BCUT2D eigenvalue weighted by molar-refractivity contribution is -0.121. The van der Waals surface area contributed by atoms with E-state index in [0.29, 0.717) is 6.54 Å². The molecule has 5 heteroatoms. The fourth-order valence-corrected chi connectivity index (χ4v) is 2.72. The monoisotopic (exact) mass is 281 g/mol. The first kappa shape index (κ1) is 14.2. The van der Waals surface area contributed by atoms with Crippen LogP contribution in [-0.4, -0.2) is 25.5 Å². The zero-order valence-electron chi connectivity index (χ0n) is 11.2. The molecule has 1 unspecified atom stereocenters. The number of nitrogens with zero attached hydrogens (tertiary/aromatic N) is 1. The molecule has 2 rings (SSSR count). The molecular formula is C14H20ClN3O. The molecule has 1 fully saturated rings. The first-order valence-corrected chi connectivity index (χ1v) is 7.03. The molecular weight excluding hydrogens is 262 g/mol. The van der Waals surface area contributed by atoms with Crippen LogP contribution in [0.2, 0.25) is 5.02 Å². The van der Waals surface area contributed by atoms with Gasteiger partial charge in [0.1, 0.15) is 0 Å². The summed E-state index contributed by atoms with van der Waals surface area (Å²) in [5.41, 5.74) is 7.58. The van der Waals surface area contributed by atoms with E-state index in [1.807, 2.05) is 12.1 Å². The molecule has 1 saturated heterocycles. The fourth-order valence-electron chi connectivity index (χ4n) is 2.48. The molecule has 0 spiro atoms. The van der Waals surface area contributed by atoms with E-state index in [2.05, 4.69) is 23.2 Å². The predicted octanol–water partition coefficient (Wildman–Crippen LogP) is 1.76. The fraction of sp³-hybridized carbons (Fsp3) is 0.500. The van der Waals surface area contributed by atoms with Crippen molar-refractivity contribution >= 4 is 23.2 Å². The van der Waals surface area contributed by atoms with Gasteiger partial charge >= 0.3 is 0 Å². The normalized spacial score (nSPS) is 18.8. The quantitative estimate of drug-likeness (QED) is 0.865. The molecule has 1 aliphatic heterocycles. The SMILES string of the molecule is CCNCc1c(Cl)cccc1N1CCC(C(N)=O)C1. The van der Waals surface area contributed by atoms with Crippen LogP contribution in [0.1, 0.15) is 18.9 Å².